The lowest BCUT2D eigenvalue weighted by Gasteiger charge is -2.12. The van der Waals surface area contributed by atoms with Crippen LogP contribution in [0.3, 0.4) is 0 Å². The standard InChI is InChI=1S/C13H14N2O2S/c1-2-17-12-10(4-3-5-11(12)14)13(16)15-9-6-7-18-8-9/h3-8H,2,14H2,1H3,(H,15,16). The number of rotatable bonds is 4. The SMILES string of the molecule is CCOc1c(N)cccc1C(=O)Nc1ccsc1. The van der Waals surface area contributed by atoms with Crippen LogP contribution >= 0.6 is 11.3 Å². The summed E-state index contributed by atoms with van der Waals surface area (Å²) in [6.45, 7) is 2.32. The lowest BCUT2D eigenvalue weighted by molar-refractivity contribution is 0.102. The molecule has 3 N–H and O–H groups in total. The first-order chi connectivity index (χ1) is 8.72. The van der Waals surface area contributed by atoms with Crippen molar-refractivity contribution in [1.82, 2.24) is 0 Å². The van der Waals surface area contributed by atoms with E-state index in [0.29, 0.717) is 23.6 Å². The number of hydrogen-bond donors (Lipinski definition) is 2. The minimum atomic E-state index is -0.218. The average Bonchev–Trinajstić information content (AvgIpc) is 2.84. The summed E-state index contributed by atoms with van der Waals surface area (Å²) < 4.78 is 5.42. The Morgan fingerprint density at radius 1 is 1.44 bits per heavy atom. The van der Waals surface area contributed by atoms with E-state index in [2.05, 4.69) is 5.32 Å². The van der Waals surface area contributed by atoms with Gasteiger partial charge < -0.3 is 15.8 Å². The molecule has 1 heterocycles. The highest BCUT2D eigenvalue weighted by Gasteiger charge is 2.15. The number of para-hydroxylation sites is 1. The number of nitrogens with one attached hydrogen (secondary N) is 1. The summed E-state index contributed by atoms with van der Waals surface area (Å²) >= 11 is 1.52. The molecule has 1 aromatic heterocycles. The van der Waals surface area contributed by atoms with Crippen molar-refractivity contribution >= 4 is 28.6 Å². The van der Waals surface area contributed by atoms with Crippen molar-refractivity contribution in [2.45, 2.75) is 6.92 Å². The van der Waals surface area contributed by atoms with Gasteiger partial charge in [-0.25, -0.2) is 0 Å². The molecule has 4 nitrogen and oxygen atoms in total. The molecule has 0 aliphatic rings. The van der Waals surface area contributed by atoms with Gasteiger partial charge in [0.25, 0.3) is 5.91 Å². The lowest BCUT2D eigenvalue weighted by atomic mass is 10.1. The Balaban J connectivity index is 2.26. The van der Waals surface area contributed by atoms with E-state index >= 15 is 0 Å². The molecular formula is C13H14N2O2S. The second kappa shape index (κ2) is 5.55. The van der Waals surface area contributed by atoms with Gasteiger partial charge in [-0.1, -0.05) is 6.07 Å². The van der Waals surface area contributed by atoms with Crippen LogP contribution in [0.5, 0.6) is 5.75 Å². The van der Waals surface area contributed by atoms with Crippen LogP contribution < -0.4 is 15.8 Å². The van der Waals surface area contributed by atoms with Crippen molar-refractivity contribution in [3.63, 3.8) is 0 Å². The lowest BCUT2D eigenvalue weighted by Crippen LogP contribution is -2.14. The molecule has 0 bridgehead atoms. The fourth-order valence-corrected chi connectivity index (χ4v) is 2.16. The van der Waals surface area contributed by atoms with Crippen molar-refractivity contribution < 1.29 is 9.53 Å². The first kappa shape index (κ1) is 12.4. The predicted octanol–water partition coefficient (Wildman–Crippen LogP) is 2.98. The fraction of sp³-hybridized carbons (Fsp3) is 0.154. The van der Waals surface area contributed by atoms with Gasteiger partial charge in [-0.3, -0.25) is 4.79 Å². The average molecular weight is 262 g/mol. The van der Waals surface area contributed by atoms with E-state index in [9.17, 15) is 4.79 Å². The molecule has 1 aromatic carbocycles. The number of thiophene rings is 1. The molecular weight excluding hydrogens is 248 g/mol. The number of amides is 1. The zero-order valence-electron chi connectivity index (χ0n) is 9.97. The summed E-state index contributed by atoms with van der Waals surface area (Å²) in [7, 11) is 0. The maximum absolute atomic E-state index is 12.1. The van der Waals surface area contributed by atoms with Crippen LogP contribution in [0, 0.1) is 0 Å². The first-order valence-corrected chi connectivity index (χ1v) is 6.51. The normalized spacial score (nSPS) is 10.1. The molecule has 18 heavy (non-hydrogen) atoms. The summed E-state index contributed by atoms with van der Waals surface area (Å²) in [5.41, 5.74) is 7.50. The largest absolute Gasteiger partial charge is 0.491 e. The molecule has 0 spiro atoms. The molecule has 0 saturated heterocycles. The molecule has 2 rings (SSSR count). The summed E-state index contributed by atoms with van der Waals surface area (Å²) in [4.78, 5) is 12.1. The van der Waals surface area contributed by atoms with Gasteiger partial charge in [0.05, 0.1) is 23.5 Å². The number of anilines is 2. The predicted molar refractivity (Wildman–Crippen MR) is 74.3 cm³/mol. The molecule has 0 aliphatic heterocycles. The molecule has 0 saturated carbocycles. The zero-order chi connectivity index (χ0) is 13.0. The van der Waals surface area contributed by atoms with Crippen LogP contribution in [0.1, 0.15) is 17.3 Å². The van der Waals surface area contributed by atoms with Crippen LogP contribution in [0.25, 0.3) is 0 Å². The van der Waals surface area contributed by atoms with Crippen molar-refractivity contribution in [2.24, 2.45) is 0 Å². The highest BCUT2D eigenvalue weighted by atomic mass is 32.1. The third kappa shape index (κ3) is 2.62. The summed E-state index contributed by atoms with van der Waals surface area (Å²) in [5.74, 6) is 0.219. The van der Waals surface area contributed by atoms with E-state index in [-0.39, 0.29) is 5.91 Å². The Hall–Kier alpha value is -2.01. The van der Waals surface area contributed by atoms with E-state index in [1.165, 1.54) is 11.3 Å². The number of benzene rings is 1. The van der Waals surface area contributed by atoms with Gasteiger partial charge >= 0.3 is 0 Å². The van der Waals surface area contributed by atoms with Crippen LogP contribution in [0.2, 0.25) is 0 Å². The van der Waals surface area contributed by atoms with E-state index in [0.717, 1.165) is 5.69 Å². The van der Waals surface area contributed by atoms with Gasteiger partial charge in [-0.05, 0) is 30.5 Å². The molecule has 1 amide bonds. The highest BCUT2D eigenvalue weighted by molar-refractivity contribution is 7.08. The molecule has 5 heteroatoms. The Morgan fingerprint density at radius 2 is 2.28 bits per heavy atom. The Bertz CT molecular complexity index is 538. The molecule has 0 aliphatic carbocycles. The van der Waals surface area contributed by atoms with E-state index in [4.69, 9.17) is 10.5 Å². The first-order valence-electron chi connectivity index (χ1n) is 5.57. The minimum Gasteiger partial charge on any atom is -0.491 e. The second-order valence-corrected chi connectivity index (χ2v) is 4.40. The topological polar surface area (TPSA) is 64.3 Å². The van der Waals surface area contributed by atoms with E-state index in [1.54, 1.807) is 18.2 Å². The quantitative estimate of drug-likeness (QED) is 0.832. The number of nitrogen functional groups attached to an aromatic ring is 1. The molecule has 2 aromatic rings. The van der Waals surface area contributed by atoms with Gasteiger partial charge in [-0.15, -0.1) is 0 Å². The maximum atomic E-state index is 12.1. The van der Waals surface area contributed by atoms with Gasteiger partial charge in [0.1, 0.15) is 0 Å². The van der Waals surface area contributed by atoms with Gasteiger partial charge in [0.2, 0.25) is 0 Å². The number of carbonyl (C=O) groups is 1. The van der Waals surface area contributed by atoms with E-state index in [1.807, 2.05) is 23.8 Å². The molecule has 0 atom stereocenters. The van der Waals surface area contributed by atoms with Gasteiger partial charge in [0.15, 0.2) is 5.75 Å². The molecule has 94 valence electrons. The second-order valence-electron chi connectivity index (χ2n) is 3.62. The van der Waals surface area contributed by atoms with Crippen LogP contribution in [0.4, 0.5) is 11.4 Å². The van der Waals surface area contributed by atoms with Crippen molar-refractivity contribution in [1.29, 1.82) is 0 Å². The zero-order valence-corrected chi connectivity index (χ0v) is 10.8. The third-order valence-corrected chi connectivity index (χ3v) is 3.04. The van der Waals surface area contributed by atoms with Gasteiger partial charge in [-0.2, -0.15) is 11.3 Å². The van der Waals surface area contributed by atoms with Crippen molar-refractivity contribution in [3.05, 3.63) is 40.6 Å². The number of ether oxygens (including phenoxy) is 1. The van der Waals surface area contributed by atoms with Crippen LogP contribution in [-0.4, -0.2) is 12.5 Å². The van der Waals surface area contributed by atoms with Crippen molar-refractivity contribution in [2.75, 3.05) is 17.7 Å². The number of carbonyl (C=O) groups excluding carboxylic acids is 1. The number of hydrogen-bond acceptors (Lipinski definition) is 4. The third-order valence-electron chi connectivity index (χ3n) is 2.36. The Morgan fingerprint density at radius 3 is 2.94 bits per heavy atom. The monoisotopic (exact) mass is 262 g/mol. The molecule has 0 radical (unpaired) electrons. The van der Waals surface area contributed by atoms with Crippen molar-refractivity contribution in [3.8, 4) is 5.75 Å². The summed E-state index contributed by atoms with van der Waals surface area (Å²) in [5, 5.41) is 6.57. The molecule has 0 unspecified atom stereocenters. The highest BCUT2D eigenvalue weighted by Crippen LogP contribution is 2.27. The maximum Gasteiger partial charge on any atom is 0.259 e. The summed E-state index contributed by atoms with van der Waals surface area (Å²) in [6, 6.07) is 6.99. The Kier molecular flexibility index (Phi) is 3.84. The van der Waals surface area contributed by atoms with E-state index < -0.39 is 0 Å². The number of nitrogens with two attached hydrogens (primary N) is 1. The Labute approximate surface area is 109 Å². The van der Waals surface area contributed by atoms with Crippen LogP contribution in [0.15, 0.2) is 35.0 Å². The smallest absolute Gasteiger partial charge is 0.259 e. The van der Waals surface area contributed by atoms with Gasteiger partial charge in [0, 0.05) is 5.38 Å². The summed E-state index contributed by atoms with van der Waals surface area (Å²) in [6.07, 6.45) is 0. The fourth-order valence-electron chi connectivity index (χ4n) is 1.57. The molecule has 0 fully saturated rings. The minimum absolute atomic E-state index is 0.218. The van der Waals surface area contributed by atoms with Crippen LogP contribution in [-0.2, 0) is 0 Å².